The fourth-order valence-electron chi connectivity index (χ4n) is 10.7. The van der Waals surface area contributed by atoms with E-state index in [9.17, 15) is 42.5 Å². The van der Waals surface area contributed by atoms with Crippen LogP contribution in [0.1, 0.15) is 99.4 Å². The highest BCUT2D eigenvalue weighted by Gasteiger charge is 2.40. The van der Waals surface area contributed by atoms with Crippen molar-refractivity contribution < 1.29 is 40.8 Å². The average Bonchev–Trinajstić information content (AvgIpc) is 4.09. The first kappa shape index (κ1) is 46.6. The molecule has 0 unspecified atom stereocenters. The number of hydrogen-bond donors (Lipinski definition) is 3. The predicted molar refractivity (Wildman–Crippen MR) is 250 cm³/mol. The molecule has 3 amide bonds. The highest BCUT2D eigenvalue weighted by atomic mass is 32.2. The summed E-state index contributed by atoms with van der Waals surface area (Å²) in [7, 11) is -4.41. The Morgan fingerprint density at radius 2 is 1.63 bits per heavy atom. The number of piperidine rings is 3. The second-order valence-electron chi connectivity index (χ2n) is 18.8. The SMILES string of the molecule is N#Cc1cc(-c2cnc3[nH]cc(C(=O)c4c(F)ccc(NS(=O)(=O)N5CC[C@@H](F)C5)c4F)c3c2)cc(C#N)c1N1CCC(CN2CCC(c3ccc4c(c3)CN([C@H]3CCC(=O)NC3=O)C4=O)CC2)CC1. The number of aromatic amines is 1. The third-order valence-corrected chi connectivity index (χ3v) is 16.0. The van der Waals surface area contributed by atoms with Gasteiger partial charge in [-0.05, 0) is 117 Å². The largest absolute Gasteiger partial charge is 0.369 e. The molecule has 5 aliphatic heterocycles. The van der Waals surface area contributed by atoms with Gasteiger partial charge in [-0.25, -0.2) is 18.2 Å². The molecule has 10 rings (SSSR count). The molecule has 0 spiro atoms. The molecule has 2 atom stereocenters. The van der Waals surface area contributed by atoms with Gasteiger partial charge in [0.1, 0.15) is 35.8 Å². The van der Waals surface area contributed by atoms with Gasteiger partial charge >= 0.3 is 10.2 Å². The fraction of sp³-hybridized carbons (Fsp3) is 0.380. The number of halogens is 3. The number of benzene rings is 3. The zero-order valence-corrected chi connectivity index (χ0v) is 38.6. The van der Waals surface area contributed by atoms with Crippen LogP contribution in [0.15, 0.2) is 60.9 Å². The highest BCUT2D eigenvalue weighted by Crippen LogP contribution is 2.38. The number of carbonyl (C=O) groups is 4. The zero-order valence-electron chi connectivity index (χ0n) is 37.8. The Kier molecular flexibility index (Phi) is 12.4. The first-order valence-electron chi connectivity index (χ1n) is 23.3. The van der Waals surface area contributed by atoms with Crippen molar-refractivity contribution in [2.75, 3.05) is 55.4 Å². The molecule has 0 radical (unpaired) electrons. The number of ketones is 1. The van der Waals surface area contributed by atoms with Crippen molar-refractivity contribution in [2.24, 2.45) is 5.92 Å². The van der Waals surface area contributed by atoms with Crippen molar-refractivity contribution in [1.82, 2.24) is 29.4 Å². The van der Waals surface area contributed by atoms with Crippen LogP contribution in [0, 0.1) is 40.2 Å². The maximum atomic E-state index is 15.9. The molecule has 4 saturated heterocycles. The summed E-state index contributed by atoms with van der Waals surface area (Å²) in [6, 6.07) is 16.4. The zero-order chi connectivity index (χ0) is 49.0. The van der Waals surface area contributed by atoms with E-state index >= 15 is 8.78 Å². The van der Waals surface area contributed by atoms with Gasteiger partial charge in [-0.1, -0.05) is 12.1 Å². The van der Waals surface area contributed by atoms with E-state index in [2.05, 4.69) is 43.3 Å². The normalized spacial score (nSPS) is 20.7. The van der Waals surface area contributed by atoms with Crippen molar-refractivity contribution in [3.63, 3.8) is 0 Å². The summed E-state index contributed by atoms with van der Waals surface area (Å²) >= 11 is 0. The lowest BCUT2D eigenvalue weighted by atomic mass is 9.87. The Morgan fingerprint density at radius 3 is 2.31 bits per heavy atom. The molecule has 5 aromatic rings. The molecule has 0 bridgehead atoms. The van der Waals surface area contributed by atoms with Crippen LogP contribution >= 0.6 is 0 Å². The van der Waals surface area contributed by atoms with Gasteiger partial charge in [0.05, 0.1) is 28.1 Å². The third kappa shape index (κ3) is 8.75. The molecule has 70 heavy (non-hydrogen) atoms. The number of alkyl halides is 1. The number of hydrogen-bond acceptors (Lipinski definition) is 11. The summed E-state index contributed by atoms with van der Waals surface area (Å²) in [6.45, 7) is 3.86. The monoisotopic (exact) mass is 972 g/mol. The number of anilines is 2. The Labute approximate surface area is 401 Å². The van der Waals surface area contributed by atoms with Gasteiger partial charge in [0.2, 0.25) is 17.6 Å². The lowest BCUT2D eigenvalue weighted by molar-refractivity contribution is -0.136. The van der Waals surface area contributed by atoms with E-state index in [0.29, 0.717) is 60.3 Å². The van der Waals surface area contributed by atoms with E-state index in [-0.39, 0.29) is 58.9 Å². The van der Waals surface area contributed by atoms with Crippen LogP contribution < -0.4 is 14.9 Å². The fourth-order valence-corrected chi connectivity index (χ4v) is 12.0. The molecular weight excluding hydrogens is 926 g/mol. The molecule has 5 aliphatic rings. The standard InChI is InChI=1S/C50H47F3N10O6S/c51-36-11-16-62(27-36)70(68,69)59-41-4-3-40(52)44(45(41)53)47(65)39-24-57-48-38(39)20-34(23-56-48)31-18-32(21-54)46(33(19-31)22-55)61-14-7-28(8-15-61)25-60-12-9-29(10-13-60)30-1-2-37-35(17-30)26-63(50(37)67)42-5-6-43(64)58-49(42)66/h1-4,17-20,23-24,28-29,36,42,59H,5-16,25-27H2,(H,56,57)(H,58,64,66)/t36-,42+/m1/s1. The summed E-state index contributed by atoms with van der Waals surface area (Å²) < 4.78 is 73.4. The van der Waals surface area contributed by atoms with Gasteiger partial charge in [-0.15, -0.1) is 0 Å². The number of nitriles is 2. The van der Waals surface area contributed by atoms with Crippen LogP contribution in [-0.2, 0) is 26.3 Å². The van der Waals surface area contributed by atoms with Gasteiger partial charge in [-0.2, -0.15) is 23.2 Å². The molecule has 3 aromatic carbocycles. The summed E-state index contributed by atoms with van der Waals surface area (Å²) in [4.78, 5) is 64.7. The van der Waals surface area contributed by atoms with Gasteiger partial charge in [-0.3, -0.25) is 29.2 Å². The number of aromatic nitrogens is 2. The van der Waals surface area contributed by atoms with Crippen LogP contribution in [-0.4, -0.2) is 114 Å². The first-order chi connectivity index (χ1) is 33.7. The molecular formula is C50H47F3N10O6S. The molecule has 3 N–H and O–H groups in total. The second-order valence-corrected chi connectivity index (χ2v) is 20.4. The van der Waals surface area contributed by atoms with Crippen LogP contribution in [0.25, 0.3) is 22.2 Å². The summed E-state index contributed by atoms with van der Waals surface area (Å²) in [5, 5.41) is 23.4. The summed E-state index contributed by atoms with van der Waals surface area (Å²) in [5.74, 6) is -3.93. The van der Waals surface area contributed by atoms with Gasteiger partial charge < -0.3 is 19.7 Å². The van der Waals surface area contributed by atoms with E-state index in [0.717, 1.165) is 67.3 Å². The Bertz CT molecular complexity index is 3150. The molecule has 2 aromatic heterocycles. The maximum absolute atomic E-state index is 15.9. The van der Waals surface area contributed by atoms with Crippen molar-refractivity contribution in [1.29, 1.82) is 10.5 Å². The van der Waals surface area contributed by atoms with Crippen molar-refractivity contribution in [3.8, 4) is 23.3 Å². The number of likely N-dealkylation sites (tertiary alicyclic amines) is 1. The van der Waals surface area contributed by atoms with E-state index in [4.69, 9.17) is 0 Å². The number of nitrogens with one attached hydrogen (secondary N) is 3. The van der Waals surface area contributed by atoms with E-state index in [1.807, 2.05) is 16.9 Å². The summed E-state index contributed by atoms with van der Waals surface area (Å²) in [5.41, 5.74) is 3.03. The lowest BCUT2D eigenvalue weighted by Crippen LogP contribution is -2.52. The Balaban J connectivity index is 0.782. The number of rotatable bonds is 11. The molecule has 4 fully saturated rings. The first-order valence-corrected chi connectivity index (χ1v) is 24.8. The molecule has 0 saturated carbocycles. The topological polar surface area (TPSA) is 216 Å². The smallest absolute Gasteiger partial charge is 0.301 e. The Morgan fingerprint density at radius 1 is 0.886 bits per heavy atom. The summed E-state index contributed by atoms with van der Waals surface area (Å²) in [6.07, 6.45) is 5.51. The number of nitrogens with zero attached hydrogens (tertiary/aromatic N) is 7. The average molecular weight is 973 g/mol. The van der Waals surface area contributed by atoms with E-state index in [1.165, 1.54) is 18.0 Å². The number of H-pyrrole nitrogens is 1. The van der Waals surface area contributed by atoms with Crippen molar-refractivity contribution in [3.05, 3.63) is 112 Å². The number of amides is 3. The number of pyridine rings is 1. The Hall–Kier alpha value is -7.13. The minimum atomic E-state index is -4.41. The lowest BCUT2D eigenvalue weighted by Gasteiger charge is -2.39. The van der Waals surface area contributed by atoms with Gasteiger partial charge in [0.15, 0.2) is 5.82 Å². The number of fused-ring (bicyclic) bond motifs is 2. The quantitative estimate of drug-likeness (QED) is 0.102. The molecule has 360 valence electrons. The second kappa shape index (κ2) is 18.6. The van der Waals surface area contributed by atoms with Crippen LogP contribution in [0.3, 0.4) is 0 Å². The third-order valence-electron chi connectivity index (χ3n) is 14.5. The van der Waals surface area contributed by atoms with Crippen molar-refractivity contribution in [2.45, 2.75) is 69.6 Å². The molecule has 0 aliphatic carbocycles. The highest BCUT2D eigenvalue weighted by molar-refractivity contribution is 7.90. The van der Waals surface area contributed by atoms with Gasteiger partial charge in [0.25, 0.3) is 5.91 Å². The van der Waals surface area contributed by atoms with Crippen molar-refractivity contribution >= 4 is 56.1 Å². The molecule has 7 heterocycles. The van der Waals surface area contributed by atoms with E-state index in [1.54, 1.807) is 23.1 Å². The van der Waals surface area contributed by atoms with Crippen LogP contribution in [0.2, 0.25) is 0 Å². The number of carbonyl (C=O) groups excluding carboxylic acids is 4. The van der Waals surface area contributed by atoms with E-state index < -0.39 is 63.5 Å². The van der Waals surface area contributed by atoms with Crippen LogP contribution in [0.5, 0.6) is 0 Å². The molecule has 16 nitrogen and oxygen atoms in total. The van der Waals surface area contributed by atoms with Gasteiger partial charge in [0, 0.05) is 80.2 Å². The maximum Gasteiger partial charge on any atom is 0.301 e. The van der Waals surface area contributed by atoms with Crippen LogP contribution in [0.4, 0.5) is 24.5 Å². The molecule has 20 heteroatoms. The predicted octanol–water partition coefficient (Wildman–Crippen LogP) is 6.04. The number of imide groups is 1. The minimum absolute atomic E-state index is 0.0274. The minimum Gasteiger partial charge on any atom is -0.369 e.